The Labute approximate surface area is 163 Å². The summed E-state index contributed by atoms with van der Waals surface area (Å²) in [4.78, 5) is 17.2. The summed E-state index contributed by atoms with van der Waals surface area (Å²) in [5, 5.41) is 5.18. The van der Waals surface area contributed by atoms with Crippen molar-refractivity contribution in [2.24, 2.45) is 0 Å². The first-order chi connectivity index (χ1) is 13.1. The first-order valence-corrected chi connectivity index (χ1v) is 9.78. The average molecular weight is 386 g/mol. The molecule has 1 aliphatic heterocycles. The molecule has 1 saturated heterocycles. The standard InChI is InChI=1S/C20H24ClN5O/c1-16-15-24(18-7-4-6-17(21)14-18)13-12-23(16)9-5-11-26-20(27)25-10-3-2-8-19(25)22-26/h2-4,6-8,10,14,16H,5,9,11-13,15H2,1H3. The Morgan fingerprint density at radius 1 is 1.15 bits per heavy atom. The lowest BCUT2D eigenvalue weighted by Gasteiger charge is -2.41. The van der Waals surface area contributed by atoms with Crippen molar-refractivity contribution in [1.29, 1.82) is 0 Å². The lowest BCUT2D eigenvalue weighted by Crippen LogP contribution is -2.52. The Morgan fingerprint density at radius 2 is 2.04 bits per heavy atom. The summed E-state index contributed by atoms with van der Waals surface area (Å²) in [5.41, 5.74) is 1.82. The van der Waals surface area contributed by atoms with Crippen LogP contribution in [0.1, 0.15) is 13.3 Å². The van der Waals surface area contributed by atoms with Crippen LogP contribution in [0.2, 0.25) is 5.02 Å². The van der Waals surface area contributed by atoms with Gasteiger partial charge in [0.05, 0.1) is 0 Å². The predicted octanol–water partition coefficient (Wildman–Crippen LogP) is 2.75. The van der Waals surface area contributed by atoms with Gasteiger partial charge in [-0.05, 0) is 43.7 Å². The van der Waals surface area contributed by atoms with Gasteiger partial charge in [-0.25, -0.2) is 9.48 Å². The van der Waals surface area contributed by atoms with Crippen molar-refractivity contribution in [3.8, 4) is 0 Å². The van der Waals surface area contributed by atoms with Gasteiger partial charge in [0.2, 0.25) is 0 Å². The van der Waals surface area contributed by atoms with Crippen molar-refractivity contribution in [1.82, 2.24) is 19.1 Å². The number of nitrogens with zero attached hydrogens (tertiary/aromatic N) is 5. The molecule has 0 N–H and O–H groups in total. The zero-order chi connectivity index (χ0) is 18.8. The average Bonchev–Trinajstić information content (AvgIpc) is 2.99. The van der Waals surface area contributed by atoms with Crippen molar-refractivity contribution >= 4 is 22.9 Å². The van der Waals surface area contributed by atoms with E-state index in [2.05, 4.69) is 27.9 Å². The van der Waals surface area contributed by atoms with E-state index in [9.17, 15) is 4.79 Å². The molecule has 1 aromatic carbocycles. The van der Waals surface area contributed by atoms with E-state index in [1.54, 1.807) is 15.3 Å². The maximum atomic E-state index is 12.3. The van der Waals surface area contributed by atoms with E-state index in [0.717, 1.165) is 37.6 Å². The van der Waals surface area contributed by atoms with E-state index in [1.807, 2.05) is 36.4 Å². The number of fused-ring (bicyclic) bond motifs is 1. The largest absolute Gasteiger partial charge is 0.369 e. The number of benzene rings is 1. The molecule has 3 heterocycles. The highest BCUT2D eigenvalue weighted by atomic mass is 35.5. The van der Waals surface area contributed by atoms with Crippen LogP contribution in [-0.2, 0) is 6.54 Å². The molecule has 0 bridgehead atoms. The summed E-state index contributed by atoms with van der Waals surface area (Å²) >= 11 is 6.13. The molecule has 1 aliphatic rings. The number of aromatic nitrogens is 3. The van der Waals surface area contributed by atoms with Gasteiger partial charge >= 0.3 is 5.69 Å². The van der Waals surface area contributed by atoms with Crippen LogP contribution < -0.4 is 10.6 Å². The van der Waals surface area contributed by atoms with E-state index >= 15 is 0 Å². The monoisotopic (exact) mass is 385 g/mol. The fourth-order valence-electron chi connectivity index (χ4n) is 3.77. The number of hydrogen-bond donors (Lipinski definition) is 0. The van der Waals surface area contributed by atoms with Crippen LogP contribution in [0.3, 0.4) is 0 Å². The van der Waals surface area contributed by atoms with Gasteiger partial charge in [-0.1, -0.05) is 23.7 Å². The lowest BCUT2D eigenvalue weighted by molar-refractivity contribution is 0.183. The topological polar surface area (TPSA) is 45.8 Å². The molecular weight excluding hydrogens is 362 g/mol. The van der Waals surface area contributed by atoms with Crippen molar-refractivity contribution in [3.63, 3.8) is 0 Å². The Morgan fingerprint density at radius 3 is 2.81 bits per heavy atom. The minimum Gasteiger partial charge on any atom is -0.369 e. The minimum absolute atomic E-state index is 0.0653. The third kappa shape index (κ3) is 3.87. The van der Waals surface area contributed by atoms with Crippen LogP contribution in [0.25, 0.3) is 5.65 Å². The number of pyridine rings is 1. The van der Waals surface area contributed by atoms with Crippen LogP contribution in [-0.4, -0.2) is 51.3 Å². The third-order valence-electron chi connectivity index (χ3n) is 5.24. The second-order valence-electron chi connectivity index (χ2n) is 7.10. The van der Waals surface area contributed by atoms with Crippen molar-refractivity contribution < 1.29 is 0 Å². The molecule has 0 radical (unpaired) electrons. The van der Waals surface area contributed by atoms with Gasteiger partial charge in [0.1, 0.15) is 0 Å². The molecule has 3 aromatic rings. The van der Waals surface area contributed by atoms with E-state index in [1.165, 1.54) is 5.69 Å². The summed E-state index contributed by atoms with van der Waals surface area (Å²) < 4.78 is 3.16. The Hall–Kier alpha value is -2.31. The van der Waals surface area contributed by atoms with E-state index in [-0.39, 0.29) is 5.69 Å². The normalized spacial score (nSPS) is 18.3. The van der Waals surface area contributed by atoms with E-state index < -0.39 is 0 Å². The van der Waals surface area contributed by atoms with Crippen LogP contribution in [0.15, 0.2) is 53.5 Å². The lowest BCUT2D eigenvalue weighted by atomic mass is 10.1. The second kappa shape index (κ2) is 7.74. The predicted molar refractivity (Wildman–Crippen MR) is 109 cm³/mol. The van der Waals surface area contributed by atoms with E-state index in [0.29, 0.717) is 18.2 Å². The molecule has 1 fully saturated rings. The Bertz CT molecular complexity index is 982. The fraction of sp³-hybridized carbons (Fsp3) is 0.400. The quantitative estimate of drug-likeness (QED) is 0.677. The highest BCUT2D eigenvalue weighted by molar-refractivity contribution is 6.30. The van der Waals surface area contributed by atoms with Crippen LogP contribution in [0.4, 0.5) is 5.69 Å². The molecule has 0 saturated carbocycles. The maximum Gasteiger partial charge on any atom is 0.350 e. The maximum absolute atomic E-state index is 12.3. The summed E-state index contributed by atoms with van der Waals surface area (Å²) in [6.07, 6.45) is 2.67. The van der Waals surface area contributed by atoms with Crippen LogP contribution >= 0.6 is 11.6 Å². The second-order valence-corrected chi connectivity index (χ2v) is 7.54. The van der Waals surface area contributed by atoms with Gasteiger partial charge in [-0.15, -0.1) is 5.10 Å². The Kier molecular flexibility index (Phi) is 5.18. The first kappa shape index (κ1) is 18.1. The molecule has 1 unspecified atom stereocenters. The highest BCUT2D eigenvalue weighted by Crippen LogP contribution is 2.22. The van der Waals surface area contributed by atoms with Crippen LogP contribution in [0.5, 0.6) is 0 Å². The number of halogens is 1. The van der Waals surface area contributed by atoms with Crippen molar-refractivity contribution in [3.05, 3.63) is 64.2 Å². The van der Waals surface area contributed by atoms with Gasteiger partial charge in [-0.2, -0.15) is 0 Å². The zero-order valence-corrected chi connectivity index (χ0v) is 16.2. The van der Waals surface area contributed by atoms with Crippen molar-refractivity contribution in [2.75, 3.05) is 31.1 Å². The van der Waals surface area contributed by atoms with Gasteiger partial charge in [0.15, 0.2) is 5.65 Å². The van der Waals surface area contributed by atoms with Crippen LogP contribution in [0, 0.1) is 0 Å². The zero-order valence-electron chi connectivity index (χ0n) is 15.5. The van der Waals surface area contributed by atoms with E-state index in [4.69, 9.17) is 11.6 Å². The summed E-state index contributed by atoms with van der Waals surface area (Å²) in [6, 6.07) is 14.1. The summed E-state index contributed by atoms with van der Waals surface area (Å²) in [6.45, 7) is 6.84. The van der Waals surface area contributed by atoms with Gasteiger partial charge in [0.25, 0.3) is 0 Å². The summed E-state index contributed by atoms with van der Waals surface area (Å²) in [7, 11) is 0. The molecule has 0 amide bonds. The number of hydrogen-bond acceptors (Lipinski definition) is 4. The molecular formula is C20H24ClN5O. The van der Waals surface area contributed by atoms with Gasteiger partial charge < -0.3 is 4.90 Å². The number of piperazine rings is 1. The highest BCUT2D eigenvalue weighted by Gasteiger charge is 2.23. The molecule has 6 nitrogen and oxygen atoms in total. The van der Waals surface area contributed by atoms with Crippen molar-refractivity contribution in [2.45, 2.75) is 25.9 Å². The molecule has 0 spiro atoms. The minimum atomic E-state index is -0.0653. The third-order valence-corrected chi connectivity index (χ3v) is 5.48. The fourth-order valence-corrected chi connectivity index (χ4v) is 3.96. The molecule has 2 aromatic heterocycles. The molecule has 142 valence electrons. The SMILES string of the molecule is CC1CN(c2cccc(Cl)c2)CCN1CCCn1nc2ccccn2c1=O. The molecule has 0 aliphatic carbocycles. The molecule has 27 heavy (non-hydrogen) atoms. The summed E-state index contributed by atoms with van der Waals surface area (Å²) in [5.74, 6) is 0. The molecule has 7 heteroatoms. The first-order valence-electron chi connectivity index (χ1n) is 9.40. The number of aryl methyl sites for hydroxylation is 1. The van der Waals surface area contributed by atoms with Gasteiger partial charge in [-0.3, -0.25) is 9.30 Å². The number of anilines is 1. The number of rotatable bonds is 5. The molecule has 4 rings (SSSR count). The Balaban J connectivity index is 1.33. The molecule has 1 atom stereocenters. The smallest absolute Gasteiger partial charge is 0.350 e. The van der Waals surface area contributed by atoms with Gasteiger partial charge in [0, 0.05) is 55.7 Å².